The van der Waals surface area contributed by atoms with Crippen LogP contribution < -0.4 is 0 Å². The Labute approximate surface area is 234 Å². The summed E-state index contributed by atoms with van der Waals surface area (Å²) >= 11 is 1.92. The quantitative estimate of drug-likeness (QED) is 0.202. The van der Waals surface area contributed by atoms with Crippen molar-refractivity contribution in [2.45, 2.75) is 0 Å². The highest BCUT2D eigenvalue weighted by atomic mass is 32.1. The Hall–Kier alpha value is -4.92. The number of fused-ring (bicyclic) bond motifs is 13. The maximum atomic E-state index is 2.55. The van der Waals surface area contributed by atoms with Gasteiger partial charge in [0.25, 0.3) is 0 Å². The molecule has 0 N–H and O–H groups in total. The largest absolute Gasteiger partial charge is 0.308 e. The number of aromatic nitrogens is 1. The molecule has 40 heavy (non-hydrogen) atoms. The lowest BCUT2D eigenvalue weighted by Gasteiger charge is -2.15. The molecule has 0 saturated heterocycles. The van der Waals surface area contributed by atoms with Gasteiger partial charge >= 0.3 is 0 Å². The molecule has 184 valence electrons. The second-order valence-electron chi connectivity index (χ2n) is 10.8. The van der Waals surface area contributed by atoms with Crippen molar-refractivity contribution < 1.29 is 0 Å². The van der Waals surface area contributed by atoms with Gasteiger partial charge < -0.3 is 4.57 Å². The van der Waals surface area contributed by atoms with Crippen molar-refractivity contribution in [1.82, 2.24) is 4.57 Å². The Morgan fingerprint density at radius 2 is 1.02 bits per heavy atom. The highest BCUT2D eigenvalue weighted by Gasteiger charge is 2.25. The fourth-order valence-electron chi connectivity index (χ4n) is 7.36. The molecular weight excluding hydrogens is 502 g/mol. The molecule has 9 aromatic rings. The van der Waals surface area contributed by atoms with E-state index < -0.39 is 0 Å². The van der Waals surface area contributed by atoms with Gasteiger partial charge in [0.15, 0.2) is 0 Å². The molecule has 2 heterocycles. The van der Waals surface area contributed by atoms with E-state index in [-0.39, 0.29) is 0 Å². The molecule has 2 aromatic heterocycles. The van der Waals surface area contributed by atoms with Crippen LogP contribution in [0.1, 0.15) is 0 Å². The molecule has 0 bridgehead atoms. The van der Waals surface area contributed by atoms with Crippen molar-refractivity contribution in [3.63, 3.8) is 0 Å². The summed E-state index contributed by atoms with van der Waals surface area (Å²) in [5.74, 6) is 0. The molecule has 1 aliphatic rings. The van der Waals surface area contributed by atoms with E-state index in [9.17, 15) is 0 Å². The van der Waals surface area contributed by atoms with E-state index >= 15 is 0 Å². The first kappa shape index (κ1) is 21.0. The monoisotopic (exact) mass is 523 g/mol. The lowest BCUT2D eigenvalue weighted by Crippen LogP contribution is -1.96. The number of thiophene rings is 1. The molecule has 7 aromatic carbocycles. The standard InChI is InChI=1S/C38H21NS/c1-2-11-23-22(10-1)24-16-9-17-28-32(21-20-25(23)34(24)28)39-31-18-7-5-14-29(31)35-36-30-15-6-8-19-33(30)40-38(36)27-13-4-3-12-26(27)37(35)39/h1-21H. The summed E-state index contributed by atoms with van der Waals surface area (Å²) in [4.78, 5) is 0. The first-order chi connectivity index (χ1) is 19.9. The first-order valence-corrected chi connectivity index (χ1v) is 14.6. The van der Waals surface area contributed by atoms with E-state index in [0.717, 1.165) is 0 Å². The van der Waals surface area contributed by atoms with Gasteiger partial charge in [0.2, 0.25) is 0 Å². The van der Waals surface area contributed by atoms with Crippen molar-refractivity contribution in [3.8, 4) is 27.9 Å². The molecule has 10 rings (SSSR count). The molecule has 0 radical (unpaired) electrons. The molecule has 1 aliphatic carbocycles. The van der Waals surface area contributed by atoms with Gasteiger partial charge in [0, 0.05) is 47.1 Å². The minimum Gasteiger partial charge on any atom is -0.308 e. The zero-order valence-electron chi connectivity index (χ0n) is 21.5. The van der Waals surface area contributed by atoms with E-state index in [0.29, 0.717) is 0 Å². The third-order valence-corrected chi connectivity index (χ3v) is 10.1. The molecule has 1 nitrogen and oxygen atoms in total. The fraction of sp³-hybridized carbons (Fsp3) is 0. The minimum absolute atomic E-state index is 1.24. The predicted octanol–water partition coefficient (Wildman–Crippen LogP) is 11.1. The number of hydrogen-bond donors (Lipinski definition) is 0. The van der Waals surface area contributed by atoms with Gasteiger partial charge in [-0.15, -0.1) is 11.3 Å². The third-order valence-electron chi connectivity index (χ3n) is 8.91. The van der Waals surface area contributed by atoms with Gasteiger partial charge in [0.1, 0.15) is 0 Å². The van der Waals surface area contributed by atoms with E-state index in [1.165, 1.54) is 91.5 Å². The average Bonchev–Trinajstić information content (AvgIpc) is 3.67. The van der Waals surface area contributed by atoms with Gasteiger partial charge in [-0.2, -0.15) is 0 Å². The average molecular weight is 524 g/mol. The topological polar surface area (TPSA) is 4.93 Å². The molecule has 0 spiro atoms. The number of rotatable bonds is 1. The summed E-state index contributed by atoms with van der Waals surface area (Å²) in [6.07, 6.45) is 0. The van der Waals surface area contributed by atoms with Gasteiger partial charge in [-0.05, 0) is 45.8 Å². The Kier molecular flexibility index (Phi) is 3.87. The van der Waals surface area contributed by atoms with Crippen molar-refractivity contribution in [2.24, 2.45) is 0 Å². The second kappa shape index (κ2) is 7.38. The third kappa shape index (κ3) is 2.44. The Balaban J connectivity index is 1.47. The van der Waals surface area contributed by atoms with Crippen molar-refractivity contribution in [3.05, 3.63) is 127 Å². The summed E-state index contributed by atoms with van der Waals surface area (Å²) in [7, 11) is 0. The van der Waals surface area contributed by atoms with E-state index in [1.54, 1.807) is 0 Å². The maximum absolute atomic E-state index is 2.55. The molecule has 0 unspecified atom stereocenters. The van der Waals surface area contributed by atoms with Crippen LogP contribution in [-0.2, 0) is 0 Å². The van der Waals surface area contributed by atoms with Crippen LogP contribution in [0.4, 0.5) is 0 Å². The lowest BCUT2D eigenvalue weighted by atomic mass is 9.99. The Morgan fingerprint density at radius 1 is 0.400 bits per heavy atom. The fourth-order valence-corrected chi connectivity index (χ4v) is 8.61. The maximum Gasteiger partial charge on any atom is 0.0627 e. The smallest absolute Gasteiger partial charge is 0.0627 e. The SMILES string of the molecule is c1ccc2c(c1)-c1cccc3c(-n4c5ccccc5c5c6c7ccccc7sc6c6ccccc6c54)ccc-2c13. The molecule has 0 fully saturated rings. The predicted molar refractivity (Wildman–Crippen MR) is 173 cm³/mol. The molecule has 2 heteroatoms. The van der Waals surface area contributed by atoms with Crippen molar-refractivity contribution in [1.29, 1.82) is 0 Å². The van der Waals surface area contributed by atoms with Crippen molar-refractivity contribution in [2.75, 3.05) is 0 Å². The van der Waals surface area contributed by atoms with Gasteiger partial charge in [-0.3, -0.25) is 0 Å². The second-order valence-corrected chi connectivity index (χ2v) is 11.9. The van der Waals surface area contributed by atoms with Crippen LogP contribution in [0, 0.1) is 0 Å². The summed E-state index contributed by atoms with van der Waals surface area (Å²) in [5, 5.41) is 10.7. The van der Waals surface area contributed by atoms with Crippen LogP contribution in [-0.4, -0.2) is 4.57 Å². The minimum atomic E-state index is 1.24. The zero-order valence-corrected chi connectivity index (χ0v) is 22.3. The number of benzene rings is 7. The molecular formula is C38H21NS. The van der Waals surface area contributed by atoms with Crippen LogP contribution >= 0.6 is 11.3 Å². The van der Waals surface area contributed by atoms with Gasteiger partial charge in [-0.1, -0.05) is 109 Å². The van der Waals surface area contributed by atoms with Crippen LogP contribution in [0.25, 0.3) is 91.5 Å². The lowest BCUT2D eigenvalue weighted by molar-refractivity contribution is 1.21. The van der Waals surface area contributed by atoms with Gasteiger partial charge in [0.05, 0.1) is 16.7 Å². The molecule has 0 amide bonds. The molecule has 0 atom stereocenters. The zero-order chi connectivity index (χ0) is 25.9. The highest BCUT2D eigenvalue weighted by molar-refractivity contribution is 7.27. The first-order valence-electron chi connectivity index (χ1n) is 13.8. The molecule has 0 saturated carbocycles. The summed E-state index contributed by atoms with van der Waals surface area (Å²) in [6.45, 7) is 0. The van der Waals surface area contributed by atoms with Crippen molar-refractivity contribution >= 4 is 74.9 Å². The highest BCUT2D eigenvalue weighted by Crippen LogP contribution is 2.51. The van der Waals surface area contributed by atoms with Crippen LogP contribution in [0.3, 0.4) is 0 Å². The summed E-state index contributed by atoms with van der Waals surface area (Å²) in [5.41, 5.74) is 9.12. The van der Waals surface area contributed by atoms with E-state index in [2.05, 4.69) is 132 Å². The van der Waals surface area contributed by atoms with Crippen LogP contribution in [0.15, 0.2) is 127 Å². The number of hydrogen-bond acceptors (Lipinski definition) is 1. The number of nitrogens with zero attached hydrogens (tertiary/aromatic N) is 1. The van der Waals surface area contributed by atoms with E-state index in [1.807, 2.05) is 11.3 Å². The normalized spacial score (nSPS) is 12.5. The summed E-state index contributed by atoms with van der Waals surface area (Å²) in [6, 6.07) is 47.2. The van der Waals surface area contributed by atoms with Crippen LogP contribution in [0.5, 0.6) is 0 Å². The number of para-hydroxylation sites is 1. The molecule has 0 aliphatic heterocycles. The van der Waals surface area contributed by atoms with Crippen LogP contribution in [0.2, 0.25) is 0 Å². The Morgan fingerprint density at radius 3 is 1.88 bits per heavy atom. The summed E-state index contributed by atoms with van der Waals surface area (Å²) < 4.78 is 5.27. The van der Waals surface area contributed by atoms with Gasteiger partial charge in [-0.25, -0.2) is 0 Å². The Bertz CT molecular complexity index is 2510. The van der Waals surface area contributed by atoms with E-state index in [4.69, 9.17) is 0 Å².